The number of nitrogens with zero attached hydrogens (tertiary/aromatic N) is 4. The molecular weight excluding hydrogens is 649 g/mol. The molecule has 0 bridgehead atoms. The quantitative estimate of drug-likeness (QED) is 0.185. The molecule has 0 amide bonds. The second kappa shape index (κ2) is 10.9. The van der Waals surface area contributed by atoms with Crippen molar-refractivity contribution in [2.45, 2.75) is 0 Å². The standard InChI is InChI=1S/C44H24N4O2S/c1-2-12-26(13-3-1)41-46-42(31-17-10-19-34-37(31)29-15-6-8-18-33(29)49-34)48-43(47-41)32-24-35-39(38-30-16-7-9-20-36(30)51-40(32)38)45-44(50-35)28-22-21-25-11-4-5-14-27(25)23-28/h1-24H. The molecule has 0 N–H and O–H groups in total. The van der Waals surface area contributed by atoms with Gasteiger partial charge in [-0.05, 0) is 47.2 Å². The zero-order chi connectivity index (χ0) is 33.5. The molecule has 238 valence electrons. The maximum Gasteiger partial charge on any atom is 0.227 e. The second-order valence-corrected chi connectivity index (χ2v) is 13.7. The highest BCUT2D eigenvalue weighted by atomic mass is 32.1. The highest BCUT2D eigenvalue weighted by Gasteiger charge is 2.23. The molecule has 0 unspecified atom stereocenters. The summed E-state index contributed by atoms with van der Waals surface area (Å²) in [7, 11) is 0. The number of oxazole rings is 1. The summed E-state index contributed by atoms with van der Waals surface area (Å²) in [5.41, 5.74) is 6.68. The van der Waals surface area contributed by atoms with Crippen molar-refractivity contribution in [3.8, 4) is 45.6 Å². The summed E-state index contributed by atoms with van der Waals surface area (Å²) in [5.74, 6) is 2.29. The van der Waals surface area contributed by atoms with E-state index in [1.807, 2.05) is 72.8 Å². The normalized spacial score (nSPS) is 11.9. The minimum absolute atomic E-state index is 0.561. The lowest BCUT2D eigenvalue weighted by atomic mass is 10.0. The van der Waals surface area contributed by atoms with Gasteiger partial charge in [-0.15, -0.1) is 11.3 Å². The lowest BCUT2D eigenvalue weighted by Crippen LogP contribution is -2.00. The van der Waals surface area contributed by atoms with Crippen molar-refractivity contribution in [3.05, 3.63) is 146 Å². The number of benzene rings is 7. The van der Waals surface area contributed by atoms with Crippen LogP contribution in [0.25, 0.3) is 110 Å². The van der Waals surface area contributed by atoms with E-state index >= 15 is 0 Å². The molecule has 0 saturated heterocycles. The average Bonchev–Trinajstić information content (AvgIpc) is 3.91. The fourth-order valence-electron chi connectivity index (χ4n) is 7.18. The highest BCUT2D eigenvalue weighted by Crippen LogP contribution is 2.45. The van der Waals surface area contributed by atoms with Crippen LogP contribution in [0.4, 0.5) is 0 Å². The maximum absolute atomic E-state index is 6.63. The van der Waals surface area contributed by atoms with E-state index in [2.05, 4.69) is 72.8 Å². The molecular formula is C44H24N4O2S. The molecule has 11 aromatic rings. The number of rotatable bonds is 4. The molecule has 0 aliphatic rings. The topological polar surface area (TPSA) is 77.8 Å². The number of aromatic nitrogens is 4. The van der Waals surface area contributed by atoms with Crippen molar-refractivity contribution in [2.24, 2.45) is 0 Å². The first-order chi connectivity index (χ1) is 25.2. The minimum Gasteiger partial charge on any atom is -0.456 e. The van der Waals surface area contributed by atoms with Crippen molar-refractivity contribution in [1.82, 2.24) is 19.9 Å². The van der Waals surface area contributed by atoms with Crippen LogP contribution < -0.4 is 0 Å². The van der Waals surface area contributed by atoms with Gasteiger partial charge in [0, 0.05) is 53.2 Å². The Labute approximate surface area is 294 Å². The Hall–Kier alpha value is -6.70. The molecule has 0 saturated carbocycles. The highest BCUT2D eigenvalue weighted by molar-refractivity contribution is 7.26. The second-order valence-electron chi connectivity index (χ2n) is 12.6. The van der Waals surface area contributed by atoms with Crippen molar-refractivity contribution < 1.29 is 8.83 Å². The predicted octanol–water partition coefficient (Wildman–Crippen LogP) is 12.1. The molecule has 7 aromatic carbocycles. The Morgan fingerprint density at radius 3 is 2.06 bits per heavy atom. The van der Waals surface area contributed by atoms with Gasteiger partial charge in [-0.1, -0.05) is 109 Å². The SMILES string of the molecule is c1ccc(-c2nc(-c3cc4oc(-c5ccc6ccccc6c5)nc4c4c3sc3ccccc34)nc(-c3cccc4oc5ccccc5c34)n2)cc1. The smallest absolute Gasteiger partial charge is 0.227 e. The summed E-state index contributed by atoms with van der Waals surface area (Å²) in [6.45, 7) is 0. The zero-order valence-corrected chi connectivity index (χ0v) is 27.7. The van der Waals surface area contributed by atoms with Crippen LogP contribution in [0, 0.1) is 0 Å². The van der Waals surface area contributed by atoms with Gasteiger partial charge in [0.15, 0.2) is 23.1 Å². The van der Waals surface area contributed by atoms with Gasteiger partial charge in [-0.3, -0.25) is 0 Å². The van der Waals surface area contributed by atoms with E-state index in [1.54, 1.807) is 11.3 Å². The summed E-state index contributed by atoms with van der Waals surface area (Å²) in [6.07, 6.45) is 0. The van der Waals surface area contributed by atoms with Crippen LogP contribution in [0.1, 0.15) is 0 Å². The van der Waals surface area contributed by atoms with Crippen LogP contribution in [-0.2, 0) is 0 Å². The van der Waals surface area contributed by atoms with E-state index < -0.39 is 0 Å². The van der Waals surface area contributed by atoms with Gasteiger partial charge in [0.1, 0.15) is 16.7 Å². The fourth-order valence-corrected chi connectivity index (χ4v) is 8.40. The third kappa shape index (κ3) is 4.42. The van der Waals surface area contributed by atoms with E-state index in [-0.39, 0.29) is 0 Å². The monoisotopic (exact) mass is 672 g/mol. The molecule has 0 radical (unpaired) electrons. The molecule has 0 spiro atoms. The summed E-state index contributed by atoms with van der Waals surface area (Å²) in [5, 5.41) is 6.45. The molecule has 7 heteroatoms. The fraction of sp³-hybridized carbons (Fsp3) is 0. The lowest BCUT2D eigenvalue weighted by molar-refractivity contribution is 0.620. The van der Waals surface area contributed by atoms with E-state index in [1.165, 1.54) is 5.39 Å². The Balaban J connectivity index is 1.20. The van der Waals surface area contributed by atoms with Gasteiger partial charge in [0.25, 0.3) is 0 Å². The van der Waals surface area contributed by atoms with Gasteiger partial charge in [0.05, 0.1) is 0 Å². The number of thiophene rings is 1. The Bertz CT molecular complexity index is 3160. The first-order valence-electron chi connectivity index (χ1n) is 16.7. The average molecular weight is 673 g/mol. The summed E-state index contributed by atoms with van der Waals surface area (Å²) in [4.78, 5) is 20.6. The Morgan fingerprint density at radius 2 is 1.16 bits per heavy atom. The van der Waals surface area contributed by atoms with Crippen LogP contribution in [-0.4, -0.2) is 19.9 Å². The van der Waals surface area contributed by atoms with Gasteiger partial charge < -0.3 is 8.83 Å². The van der Waals surface area contributed by atoms with Crippen LogP contribution in [0.5, 0.6) is 0 Å². The van der Waals surface area contributed by atoms with Crippen molar-refractivity contribution in [1.29, 1.82) is 0 Å². The zero-order valence-electron chi connectivity index (χ0n) is 26.9. The molecule has 0 fully saturated rings. The van der Waals surface area contributed by atoms with Crippen LogP contribution in [0.15, 0.2) is 154 Å². The molecule has 4 heterocycles. The van der Waals surface area contributed by atoms with Crippen LogP contribution in [0.3, 0.4) is 0 Å². The third-order valence-corrected chi connectivity index (χ3v) is 10.8. The summed E-state index contributed by atoms with van der Waals surface area (Å²) >= 11 is 1.72. The summed E-state index contributed by atoms with van der Waals surface area (Å²) in [6, 6.07) is 49.3. The van der Waals surface area contributed by atoms with Gasteiger partial charge >= 0.3 is 0 Å². The van der Waals surface area contributed by atoms with Crippen LogP contribution >= 0.6 is 11.3 Å². The Kier molecular flexibility index (Phi) is 6.02. The first kappa shape index (κ1) is 28.2. The largest absolute Gasteiger partial charge is 0.456 e. The maximum atomic E-state index is 6.63. The molecule has 11 rings (SSSR count). The Morgan fingerprint density at radius 1 is 0.431 bits per heavy atom. The molecule has 6 nitrogen and oxygen atoms in total. The minimum atomic E-state index is 0.561. The van der Waals surface area contributed by atoms with Gasteiger partial charge in [-0.2, -0.15) is 0 Å². The molecule has 0 aliphatic carbocycles. The van der Waals surface area contributed by atoms with E-state index in [4.69, 9.17) is 28.8 Å². The first-order valence-corrected chi connectivity index (χ1v) is 17.5. The number of fused-ring (bicyclic) bond motifs is 9. The molecule has 4 aromatic heterocycles. The van der Waals surface area contributed by atoms with Crippen LogP contribution in [0.2, 0.25) is 0 Å². The number of hydrogen-bond acceptors (Lipinski definition) is 7. The number of hydrogen-bond donors (Lipinski definition) is 0. The molecule has 0 aliphatic heterocycles. The molecule has 51 heavy (non-hydrogen) atoms. The number of furan rings is 1. The van der Waals surface area contributed by atoms with Gasteiger partial charge in [-0.25, -0.2) is 19.9 Å². The number of para-hydroxylation sites is 1. The van der Waals surface area contributed by atoms with E-state index in [9.17, 15) is 0 Å². The third-order valence-electron chi connectivity index (χ3n) is 9.55. The molecule has 0 atom stereocenters. The van der Waals surface area contributed by atoms with Crippen molar-refractivity contribution >= 4 is 75.3 Å². The van der Waals surface area contributed by atoms with Crippen molar-refractivity contribution in [3.63, 3.8) is 0 Å². The van der Waals surface area contributed by atoms with Gasteiger partial charge in [0.2, 0.25) is 5.89 Å². The van der Waals surface area contributed by atoms with E-state index in [0.717, 1.165) is 75.3 Å². The predicted molar refractivity (Wildman–Crippen MR) is 207 cm³/mol. The lowest BCUT2D eigenvalue weighted by Gasteiger charge is -2.10. The summed E-state index contributed by atoms with van der Waals surface area (Å²) < 4.78 is 15.1. The van der Waals surface area contributed by atoms with E-state index in [0.29, 0.717) is 28.9 Å². The van der Waals surface area contributed by atoms with Crippen molar-refractivity contribution in [2.75, 3.05) is 0 Å².